The highest BCUT2D eigenvalue weighted by Gasteiger charge is 2.31. The van der Waals surface area contributed by atoms with Gasteiger partial charge in [-0.05, 0) is 31.5 Å². The quantitative estimate of drug-likeness (QED) is 0.784. The van der Waals surface area contributed by atoms with Crippen LogP contribution in [0.4, 0.5) is 18.9 Å². The van der Waals surface area contributed by atoms with E-state index in [1.807, 2.05) is 6.92 Å². The van der Waals surface area contributed by atoms with Crippen LogP contribution < -0.4 is 5.32 Å². The highest BCUT2D eigenvalue weighted by molar-refractivity contribution is 9.10. The molecule has 0 atom stereocenters. The van der Waals surface area contributed by atoms with E-state index in [0.29, 0.717) is 16.7 Å². The maximum Gasteiger partial charge on any atom is 0.416 e. The molecule has 0 fully saturated rings. The smallest absolute Gasteiger partial charge is 0.385 e. The summed E-state index contributed by atoms with van der Waals surface area (Å²) < 4.78 is 38.0. The summed E-state index contributed by atoms with van der Waals surface area (Å²) in [4.78, 5) is 0. The average molecular weight is 308 g/mol. The molecule has 94 valence electrons. The van der Waals surface area contributed by atoms with E-state index >= 15 is 0 Å². The summed E-state index contributed by atoms with van der Waals surface area (Å²) in [6, 6.07) is 3.78. The summed E-state index contributed by atoms with van der Waals surface area (Å²) >= 11 is 3.07. The van der Waals surface area contributed by atoms with Crippen LogP contribution in [0.5, 0.6) is 0 Å². The lowest BCUT2D eigenvalue weighted by atomic mass is 10.2. The van der Waals surface area contributed by atoms with Crippen LogP contribution in [-0.2, 0) is 6.18 Å². The fourth-order valence-electron chi connectivity index (χ4n) is 1.28. The minimum atomic E-state index is -4.32. The van der Waals surface area contributed by atoms with E-state index in [1.165, 1.54) is 0 Å². The molecule has 1 aromatic rings. The van der Waals surface area contributed by atoms with Gasteiger partial charge in [-0.25, -0.2) is 0 Å². The molecule has 1 nitrogen and oxygen atoms in total. The molecule has 0 spiro atoms. The van der Waals surface area contributed by atoms with Crippen molar-refractivity contribution >= 4 is 21.6 Å². The fraction of sp³-hybridized carbons (Fsp3) is 0.333. The Hall–Kier alpha value is -0.970. The van der Waals surface area contributed by atoms with E-state index in [1.54, 1.807) is 6.07 Å². The first-order valence-electron chi connectivity index (χ1n) is 5.05. The van der Waals surface area contributed by atoms with Crippen LogP contribution in [0.25, 0.3) is 0 Å². The molecular weight excluding hydrogens is 295 g/mol. The van der Waals surface area contributed by atoms with Crippen molar-refractivity contribution in [2.45, 2.75) is 19.5 Å². The Morgan fingerprint density at radius 2 is 2.00 bits per heavy atom. The van der Waals surface area contributed by atoms with Crippen molar-refractivity contribution < 1.29 is 13.2 Å². The number of hydrogen-bond acceptors (Lipinski definition) is 1. The summed E-state index contributed by atoms with van der Waals surface area (Å²) in [5.41, 5.74) is 0.779. The highest BCUT2D eigenvalue weighted by atomic mass is 79.9. The summed E-state index contributed by atoms with van der Waals surface area (Å²) in [7, 11) is 0. The van der Waals surface area contributed by atoms with Gasteiger partial charge in [0.15, 0.2) is 0 Å². The lowest BCUT2D eigenvalue weighted by molar-refractivity contribution is -0.137. The highest BCUT2D eigenvalue weighted by Crippen LogP contribution is 2.33. The molecule has 5 heteroatoms. The van der Waals surface area contributed by atoms with Crippen LogP contribution in [0.3, 0.4) is 0 Å². The molecule has 0 aliphatic heterocycles. The predicted octanol–water partition coefficient (Wildman–Crippen LogP) is 4.85. The van der Waals surface area contributed by atoms with Crippen molar-refractivity contribution in [1.29, 1.82) is 0 Å². The van der Waals surface area contributed by atoms with Crippen LogP contribution in [-0.4, -0.2) is 6.54 Å². The monoisotopic (exact) mass is 307 g/mol. The van der Waals surface area contributed by atoms with Gasteiger partial charge in [-0.3, -0.25) is 0 Å². The second-order valence-corrected chi connectivity index (χ2v) is 4.78. The third kappa shape index (κ3) is 4.81. The van der Waals surface area contributed by atoms with E-state index in [0.717, 1.165) is 24.1 Å². The Morgan fingerprint density at radius 1 is 1.35 bits per heavy atom. The second kappa shape index (κ2) is 5.58. The largest absolute Gasteiger partial charge is 0.416 e. The van der Waals surface area contributed by atoms with Crippen LogP contribution in [0.1, 0.15) is 18.9 Å². The van der Waals surface area contributed by atoms with Gasteiger partial charge >= 0.3 is 6.18 Å². The van der Waals surface area contributed by atoms with Crippen LogP contribution in [0.15, 0.2) is 34.8 Å². The number of rotatable bonds is 4. The van der Waals surface area contributed by atoms with Crippen molar-refractivity contribution in [2.75, 3.05) is 11.9 Å². The maximum absolute atomic E-state index is 12.5. The molecule has 0 heterocycles. The Morgan fingerprint density at radius 3 is 2.53 bits per heavy atom. The van der Waals surface area contributed by atoms with Gasteiger partial charge in [-0.1, -0.05) is 21.5 Å². The molecule has 1 rings (SSSR count). The van der Waals surface area contributed by atoms with E-state index in [2.05, 4.69) is 27.8 Å². The van der Waals surface area contributed by atoms with E-state index in [9.17, 15) is 13.2 Å². The van der Waals surface area contributed by atoms with Gasteiger partial charge in [-0.2, -0.15) is 13.2 Å². The fourth-order valence-corrected chi connectivity index (χ4v) is 1.77. The predicted molar refractivity (Wildman–Crippen MR) is 67.1 cm³/mol. The molecule has 1 N–H and O–H groups in total. The molecule has 0 aliphatic carbocycles. The van der Waals surface area contributed by atoms with Gasteiger partial charge in [-0.15, -0.1) is 6.58 Å². The average Bonchev–Trinajstić information content (AvgIpc) is 2.14. The zero-order valence-corrected chi connectivity index (χ0v) is 11.0. The zero-order valence-electron chi connectivity index (χ0n) is 9.37. The molecule has 0 bridgehead atoms. The molecule has 0 aromatic heterocycles. The molecule has 0 amide bonds. The normalized spacial score (nSPS) is 11.4. The number of nitrogens with one attached hydrogen (secondary N) is 1. The molecule has 0 aliphatic rings. The number of hydrogen-bond donors (Lipinski definition) is 1. The molecule has 0 radical (unpaired) electrons. The summed E-state index contributed by atoms with van der Waals surface area (Å²) in [6.07, 6.45) is -3.59. The topological polar surface area (TPSA) is 12.0 Å². The van der Waals surface area contributed by atoms with Gasteiger partial charge in [0, 0.05) is 16.7 Å². The molecule has 17 heavy (non-hydrogen) atoms. The van der Waals surface area contributed by atoms with Crippen molar-refractivity contribution in [3.8, 4) is 0 Å². The number of alkyl halides is 3. The van der Waals surface area contributed by atoms with Gasteiger partial charge in [0.1, 0.15) is 0 Å². The molecule has 0 saturated heterocycles. The molecule has 0 unspecified atom stereocenters. The van der Waals surface area contributed by atoms with E-state index in [4.69, 9.17) is 0 Å². The summed E-state index contributed by atoms with van der Waals surface area (Å²) in [5.74, 6) is 0. The van der Waals surface area contributed by atoms with Gasteiger partial charge < -0.3 is 5.32 Å². The number of anilines is 1. The Bertz CT molecular complexity index is 413. The Balaban J connectivity index is 2.79. The van der Waals surface area contributed by atoms with E-state index < -0.39 is 11.7 Å². The molecule has 1 aromatic carbocycles. The number of benzene rings is 1. The van der Waals surface area contributed by atoms with Gasteiger partial charge in [0.25, 0.3) is 0 Å². The molecule has 0 saturated carbocycles. The Kier molecular flexibility index (Phi) is 4.62. The van der Waals surface area contributed by atoms with Crippen molar-refractivity contribution in [1.82, 2.24) is 0 Å². The third-order valence-electron chi connectivity index (χ3n) is 2.11. The van der Waals surface area contributed by atoms with E-state index in [-0.39, 0.29) is 0 Å². The SMILES string of the molecule is C=C(C)CCNc1cc(Br)cc(C(F)(F)F)c1. The lowest BCUT2D eigenvalue weighted by Crippen LogP contribution is -2.07. The summed E-state index contributed by atoms with van der Waals surface area (Å²) in [5, 5.41) is 2.94. The van der Waals surface area contributed by atoms with Crippen molar-refractivity contribution in [3.63, 3.8) is 0 Å². The maximum atomic E-state index is 12.5. The minimum Gasteiger partial charge on any atom is -0.385 e. The zero-order chi connectivity index (χ0) is 13.1. The summed E-state index contributed by atoms with van der Waals surface area (Å²) in [6.45, 7) is 6.18. The second-order valence-electron chi connectivity index (χ2n) is 3.86. The first kappa shape index (κ1) is 14.1. The third-order valence-corrected chi connectivity index (χ3v) is 2.56. The Labute approximate surface area is 107 Å². The van der Waals surface area contributed by atoms with Crippen LogP contribution >= 0.6 is 15.9 Å². The molecular formula is C12H13BrF3N. The minimum absolute atomic E-state index is 0.408. The first-order valence-corrected chi connectivity index (χ1v) is 5.84. The van der Waals surface area contributed by atoms with Crippen LogP contribution in [0, 0.1) is 0 Å². The standard InChI is InChI=1S/C12H13BrF3N/c1-8(2)3-4-17-11-6-9(12(14,15)16)5-10(13)7-11/h5-7,17H,1,3-4H2,2H3. The van der Waals surface area contributed by atoms with Gasteiger partial charge in [0.05, 0.1) is 5.56 Å². The van der Waals surface area contributed by atoms with Crippen LogP contribution in [0.2, 0.25) is 0 Å². The van der Waals surface area contributed by atoms with Crippen molar-refractivity contribution in [3.05, 3.63) is 40.4 Å². The lowest BCUT2D eigenvalue weighted by Gasteiger charge is -2.11. The van der Waals surface area contributed by atoms with Crippen molar-refractivity contribution in [2.24, 2.45) is 0 Å². The number of halogens is 4. The van der Waals surface area contributed by atoms with Gasteiger partial charge in [0.2, 0.25) is 0 Å². The first-order chi connectivity index (χ1) is 7.79.